The summed E-state index contributed by atoms with van der Waals surface area (Å²) in [6, 6.07) is 10.8. The number of aromatic nitrogens is 2. The molecule has 0 bridgehead atoms. The Labute approximate surface area is 196 Å². The van der Waals surface area contributed by atoms with Crippen LogP contribution < -0.4 is 5.32 Å². The molecule has 0 saturated carbocycles. The van der Waals surface area contributed by atoms with E-state index in [1.165, 1.54) is 30.3 Å². The number of rotatable bonds is 6. The molecule has 3 aromatic rings. The Morgan fingerprint density at radius 3 is 2.68 bits per heavy atom. The number of carbonyl (C=O) groups excluding carboxylic acids is 2. The highest BCUT2D eigenvalue weighted by atomic mass is 19.1. The predicted octanol–water partition coefficient (Wildman–Crippen LogP) is 4.18. The number of halogens is 2. The fourth-order valence-electron chi connectivity index (χ4n) is 4.10. The molecule has 1 N–H and O–H groups in total. The number of nitrogens with zero attached hydrogens (tertiary/aromatic N) is 3. The summed E-state index contributed by atoms with van der Waals surface area (Å²) in [6.45, 7) is 4.53. The topological polar surface area (TPSA) is 88.3 Å². The number of hydrogen-bond acceptors (Lipinski definition) is 5. The first-order valence-electron chi connectivity index (χ1n) is 11.3. The van der Waals surface area contributed by atoms with E-state index < -0.39 is 23.6 Å². The standard InChI is InChI=1S/C25H26F2N4O3/c1-15(2)21(28-23(32)19-10-3-4-11-20(19)27)25(33)31-12-6-8-17(14-31)24-29-22(30-34-24)16-7-5-9-18(26)13-16/h3-5,7,9-11,13,15,17,21H,6,8,12,14H2,1-2H3,(H,28,32). The van der Waals surface area contributed by atoms with Crippen molar-refractivity contribution in [3.8, 4) is 11.4 Å². The van der Waals surface area contributed by atoms with Crippen molar-refractivity contribution in [2.75, 3.05) is 13.1 Å². The molecule has 2 aromatic carbocycles. The van der Waals surface area contributed by atoms with Crippen LogP contribution in [0.2, 0.25) is 0 Å². The summed E-state index contributed by atoms with van der Waals surface area (Å²) in [4.78, 5) is 32.1. The minimum absolute atomic E-state index is 0.104. The normalized spacial score (nSPS) is 17.0. The van der Waals surface area contributed by atoms with Crippen molar-refractivity contribution in [1.29, 1.82) is 0 Å². The van der Waals surface area contributed by atoms with Gasteiger partial charge in [-0.3, -0.25) is 9.59 Å². The molecule has 1 aliphatic rings. The van der Waals surface area contributed by atoms with E-state index in [0.717, 1.165) is 12.8 Å². The first kappa shape index (κ1) is 23.5. The first-order chi connectivity index (χ1) is 16.3. The van der Waals surface area contributed by atoms with Crippen LogP contribution in [0.25, 0.3) is 11.4 Å². The molecule has 1 aliphatic heterocycles. The van der Waals surface area contributed by atoms with Gasteiger partial charge in [-0.05, 0) is 43.0 Å². The van der Waals surface area contributed by atoms with Crippen molar-refractivity contribution in [2.45, 2.75) is 38.6 Å². The Bertz CT molecular complexity index is 1180. The van der Waals surface area contributed by atoms with Crippen LogP contribution in [0.1, 0.15) is 48.9 Å². The Hall–Kier alpha value is -3.62. The van der Waals surface area contributed by atoms with E-state index in [4.69, 9.17) is 4.52 Å². The van der Waals surface area contributed by atoms with Gasteiger partial charge in [-0.2, -0.15) is 4.98 Å². The SMILES string of the molecule is CC(C)C(NC(=O)c1ccccc1F)C(=O)N1CCCC(c2nc(-c3cccc(F)c3)no2)C1. The highest BCUT2D eigenvalue weighted by molar-refractivity contribution is 5.97. The van der Waals surface area contributed by atoms with E-state index >= 15 is 0 Å². The zero-order chi connectivity index (χ0) is 24.2. The molecule has 9 heteroatoms. The van der Waals surface area contributed by atoms with Crippen molar-refractivity contribution >= 4 is 11.8 Å². The van der Waals surface area contributed by atoms with Crippen molar-refractivity contribution in [3.63, 3.8) is 0 Å². The summed E-state index contributed by atoms with van der Waals surface area (Å²) in [7, 11) is 0. The molecule has 7 nitrogen and oxygen atoms in total. The van der Waals surface area contributed by atoms with Crippen LogP contribution >= 0.6 is 0 Å². The van der Waals surface area contributed by atoms with Crippen molar-refractivity contribution in [1.82, 2.24) is 20.4 Å². The molecule has 0 radical (unpaired) electrons. The summed E-state index contributed by atoms with van der Waals surface area (Å²) >= 11 is 0. The quantitative estimate of drug-likeness (QED) is 0.587. The molecule has 2 heterocycles. The first-order valence-corrected chi connectivity index (χ1v) is 11.3. The molecule has 0 spiro atoms. The molecule has 178 valence electrons. The zero-order valence-corrected chi connectivity index (χ0v) is 19.0. The van der Waals surface area contributed by atoms with Crippen LogP contribution in [0, 0.1) is 17.6 Å². The number of piperidine rings is 1. The lowest BCUT2D eigenvalue weighted by molar-refractivity contribution is -0.135. The van der Waals surface area contributed by atoms with E-state index in [-0.39, 0.29) is 29.1 Å². The van der Waals surface area contributed by atoms with Crippen LogP contribution in [0.5, 0.6) is 0 Å². The van der Waals surface area contributed by atoms with Crippen molar-refractivity contribution in [3.05, 3.63) is 71.6 Å². The van der Waals surface area contributed by atoms with Gasteiger partial charge in [0.1, 0.15) is 17.7 Å². The lowest BCUT2D eigenvalue weighted by Gasteiger charge is -2.35. The number of likely N-dealkylation sites (tertiary alicyclic amines) is 1. The zero-order valence-electron chi connectivity index (χ0n) is 19.0. The number of amides is 2. The van der Waals surface area contributed by atoms with Gasteiger partial charge in [-0.25, -0.2) is 8.78 Å². The Morgan fingerprint density at radius 2 is 1.94 bits per heavy atom. The van der Waals surface area contributed by atoms with Crippen LogP contribution in [-0.4, -0.2) is 46.0 Å². The van der Waals surface area contributed by atoms with Crippen LogP contribution in [0.4, 0.5) is 8.78 Å². The maximum absolute atomic E-state index is 14.0. The second-order valence-electron chi connectivity index (χ2n) is 8.76. The number of carbonyl (C=O) groups is 2. The van der Waals surface area contributed by atoms with Crippen molar-refractivity contribution < 1.29 is 22.9 Å². The van der Waals surface area contributed by atoms with Gasteiger partial charge in [-0.15, -0.1) is 0 Å². The van der Waals surface area contributed by atoms with Gasteiger partial charge in [-0.1, -0.05) is 43.3 Å². The highest BCUT2D eigenvalue weighted by Gasteiger charge is 2.34. The van der Waals surface area contributed by atoms with Gasteiger partial charge in [0, 0.05) is 18.7 Å². The molecule has 1 aromatic heterocycles. The smallest absolute Gasteiger partial charge is 0.254 e. The van der Waals surface area contributed by atoms with Gasteiger partial charge in [0.25, 0.3) is 5.91 Å². The van der Waals surface area contributed by atoms with E-state index in [1.54, 1.807) is 23.1 Å². The molecular formula is C25H26F2N4O3. The van der Waals surface area contributed by atoms with Crippen molar-refractivity contribution in [2.24, 2.45) is 5.92 Å². The monoisotopic (exact) mass is 468 g/mol. The third-order valence-corrected chi connectivity index (χ3v) is 5.94. The molecule has 1 fully saturated rings. The average molecular weight is 469 g/mol. The van der Waals surface area contributed by atoms with E-state index in [0.29, 0.717) is 24.5 Å². The Morgan fingerprint density at radius 1 is 1.15 bits per heavy atom. The number of benzene rings is 2. The molecule has 2 atom stereocenters. The van der Waals surface area contributed by atoms with Gasteiger partial charge >= 0.3 is 0 Å². The molecule has 1 saturated heterocycles. The Balaban J connectivity index is 1.46. The van der Waals surface area contributed by atoms with E-state index in [2.05, 4.69) is 15.5 Å². The lowest BCUT2D eigenvalue weighted by atomic mass is 9.95. The predicted molar refractivity (Wildman–Crippen MR) is 121 cm³/mol. The van der Waals surface area contributed by atoms with E-state index in [9.17, 15) is 18.4 Å². The molecule has 2 amide bonds. The van der Waals surface area contributed by atoms with Gasteiger partial charge in [0.15, 0.2) is 0 Å². The van der Waals surface area contributed by atoms with Crippen LogP contribution in [0.3, 0.4) is 0 Å². The second kappa shape index (κ2) is 10.1. The fraction of sp³-hybridized carbons (Fsp3) is 0.360. The van der Waals surface area contributed by atoms with Crippen LogP contribution in [-0.2, 0) is 4.79 Å². The fourth-order valence-corrected chi connectivity index (χ4v) is 4.10. The van der Waals surface area contributed by atoms with Gasteiger partial charge in [0.2, 0.25) is 17.6 Å². The summed E-state index contributed by atoms with van der Waals surface area (Å²) < 4.78 is 33.0. The number of nitrogens with one attached hydrogen (secondary N) is 1. The summed E-state index contributed by atoms with van der Waals surface area (Å²) in [6.07, 6.45) is 1.47. The Kier molecular flexibility index (Phi) is 7.00. The number of hydrogen-bond donors (Lipinski definition) is 1. The molecule has 34 heavy (non-hydrogen) atoms. The largest absolute Gasteiger partial charge is 0.340 e. The summed E-state index contributed by atoms with van der Waals surface area (Å²) in [5, 5.41) is 6.67. The molecule has 4 rings (SSSR count). The lowest BCUT2D eigenvalue weighted by Crippen LogP contribution is -2.53. The minimum atomic E-state index is -0.809. The average Bonchev–Trinajstić information content (AvgIpc) is 3.33. The third-order valence-electron chi connectivity index (χ3n) is 5.94. The molecule has 0 aliphatic carbocycles. The second-order valence-corrected chi connectivity index (χ2v) is 8.76. The maximum atomic E-state index is 14.0. The molecule has 2 unspecified atom stereocenters. The third kappa shape index (κ3) is 5.13. The maximum Gasteiger partial charge on any atom is 0.254 e. The van der Waals surface area contributed by atoms with Gasteiger partial charge in [0.05, 0.1) is 11.5 Å². The van der Waals surface area contributed by atoms with Crippen LogP contribution in [0.15, 0.2) is 53.1 Å². The van der Waals surface area contributed by atoms with E-state index in [1.807, 2.05) is 13.8 Å². The molecular weight excluding hydrogens is 442 g/mol. The highest BCUT2D eigenvalue weighted by Crippen LogP contribution is 2.28. The minimum Gasteiger partial charge on any atom is -0.340 e. The summed E-state index contributed by atoms with van der Waals surface area (Å²) in [5.74, 6) is -1.61. The van der Waals surface area contributed by atoms with Gasteiger partial charge < -0.3 is 14.7 Å². The summed E-state index contributed by atoms with van der Waals surface area (Å²) in [5.41, 5.74) is 0.405.